The maximum Gasteiger partial charge on any atom is 0.390 e. The van der Waals surface area contributed by atoms with Gasteiger partial charge in [0, 0.05) is 32.2 Å². The molecule has 1 aliphatic heterocycles. The Morgan fingerprint density at radius 1 is 1.25 bits per heavy atom. The van der Waals surface area contributed by atoms with Gasteiger partial charge < -0.3 is 10.2 Å². The van der Waals surface area contributed by atoms with Gasteiger partial charge in [-0.3, -0.25) is 0 Å². The quantitative estimate of drug-likeness (QED) is 0.794. The highest BCUT2D eigenvalue weighted by molar-refractivity contribution is 4.87. The summed E-state index contributed by atoms with van der Waals surface area (Å²) in [5.41, 5.74) is 0.0941. The zero-order valence-electron chi connectivity index (χ0n) is 10.2. The van der Waals surface area contributed by atoms with E-state index >= 15 is 0 Å². The largest absolute Gasteiger partial charge is 0.390 e. The molecule has 1 fully saturated rings. The lowest BCUT2D eigenvalue weighted by atomic mass is 9.85. The van der Waals surface area contributed by atoms with Crippen molar-refractivity contribution in [3.8, 4) is 0 Å². The van der Waals surface area contributed by atoms with E-state index < -0.39 is 12.6 Å². The van der Waals surface area contributed by atoms with Crippen LogP contribution in [0.1, 0.15) is 27.2 Å². The summed E-state index contributed by atoms with van der Waals surface area (Å²) in [6.45, 7) is 8.65. The fourth-order valence-corrected chi connectivity index (χ4v) is 1.88. The first-order valence-corrected chi connectivity index (χ1v) is 5.71. The van der Waals surface area contributed by atoms with Crippen molar-refractivity contribution in [1.82, 2.24) is 10.2 Å². The average molecular weight is 238 g/mol. The number of nitrogens with one attached hydrogen (secondary N) is 1. The number of rotatable bonds is 2. The number of hydrogen-bond acceptors (Lipinski definition) is 2. The lowest BCUT2D eigenvalue weighted by Crippen LogP contribution is -2.56. The van der Waals surface area contributed by atoms with E-state index in [2.05, 4.69) is 26.1 Å². The maximum absolute atomic E-state index is 12.1. The van der Waals surface area contributed by atoms with Gasteiger partial charge in [-0.15, -0.1) is 0 Å². The van der Waals surface area contributed by atoms with Crippen molar-refractivity contribution < 1.29 is 13.2 Å². The monoisotopic (exact) mass is 238 g/mol. The molecule has 16 heavy (non-hydrogen) atoms. The topological polar surface area (TPSA) is 15.3 Å². The molecular weight excluding hydrogens is 217 g/mol. The van der Waals surface area contributed by atoms with E-state index in [1.807, 2.05) is 4.90 Å². The summed E-state index contributed by atoms with van der Waals surface area (Å²) in [5, 5.41) is 3.36. The van der Waals surface area contributed by atoms with Gasteiger partial charge in [-0.25, -0.2) is 0 Å². The first-order chi connectivity index (χ1) is 7.18. The Kier molecular flexibility index (Phi) is 4.23. The molecule has 0 spiro atoms. The third kappa shape index (κ3) is 4.70. The van der Waals surface area contributed by atoms with Crippen molar-refractivity contribution >= 4 is 0 Å². The summed E-state index contributed by atoms with van der Waals surface area (Å²) < 4.78 is 36.3. The van der Waals surface area contributed by atoms with Crippen molar-refractivity contribution in [3.63, 3.8) is 0 Å². The number of alkyl halides is 3. The summed E-state index contributed by atoms with van der Waals surface area (Å²) in [6, 6.07) is 0.273. The second-order valence-corrected chi connectivity index (χ2v) is 5.54. The average Bonchev–Trinajstić information content (AvgIpc) is 2.13. The Hall–Kier alpha value is -0.290. The lowest BCUT2D eigenvalue weighted by Gasteiger charge is -2.40. The summed E-state index contributed by atoms with van der Waals surface area (Å²) >= 11 is 0. The molecule has 0 aromatic carbocycles. The molecule has 2 nitrogen and oxygen atoms in total. The van der Waals surface area contributed by atoms with E-state index in [-0.39, 0.29) is 18.0 Å². The molecular formula is C11H21F3N2. The van der Waals surface area contributed by atoms with Crippen molar-refractivity contribution in [2.45, 2.75) is 39.4 Å². The molecule has 0 bridgehead atoms. The van der Waals surface area contributed by atoms with Crippen LogP contribution in [-0.4, -0.2) is 43.3 Å². The fraction of sp³-hybridized carbons (Fsp3) is 1.00. The van der Waals surface area contributed by atoms with Gasteiger partial charge in [0.05, 0.1) is 6.42 Å². The molecule has 1 N–H and O–H groups in total. The van der Waals surface area contributed by atoms with Crippen LogP contribution < -0.4 is 5.32 Å². The first-order valence-electron chi connectivity index (χ1n) is 5.71. The smallest absolute Gasteiger partial charge is 0.311 e. The van der Waals surface area contributed by atoms with Gasteiger partial charge in [-0.1, -0.05) is 20.8 Å². The second kappa shape index (κ2) is 4.92. The van der Waals surface area contributed by atoms with E-state index in [1.54, 1.807) is 0 Å². The van der Waals surface area contributed by atoms with E-state index in [0.717, 1.165) is 6.54 Å². The van der Waals surface area contributed by atoms with E-state index in [4.69, 9.17) is 0 Å². The van der Waals surface area contributed by atoms with Crippen molar-refractivity contribution in [2.24, 2.45) is 5.41 Å². The Morgan fingerprint density at radius 2 is 1.88 bits per heavy atom. The first kappa shape index (κ1) is 13.8. The Morgan fingerprint density at radius 3 is 2.38 bits per heavy atom. The fourth-order valence-electron chi connectivity index (χ4n) is 1.88. The van der Waals surface area contributed by atoms with Gasteiger partial charge >= 0.3 is 6.18 Å². The molecule has 0 aromatic heterocycles. The molecule has 5 heteroatoms. The van der Waals surface area contributed by atoms with Gasteiger partial charge in [0.25, 0.3) is 0 Å². The van der Waals surface area contributed by atoms with Gasteiger partial charge in [0.15, 0.2) is 0 Å². The SMILES string of the molecule is CC(C)(C)C1CN(CCC(F)(F)F)CCN1. The molecule has 1 rings (SSSR count). The van der Waals surface area contributed by atoms with Gasteiger partial charge in [-0.2, -0.15) is 13.2 Å². The van der Waals surface area contributed by atoms with E-state index in [0.29, 0.717) is 13.1 Å². The predicted molar refractivity (Wildman–Crippen MR) is 58.4 cm³/mol. The third-order valence-corrected chi connectivity index (χ3v) is 3.02. The number of hydrogen-bond donors (Lipinski definition) is 1. The standard InChI is InChI=1S/C11H21F3N2/c1-10(2,3)9-8-16(7-5-15-9)6-4-11(12,13)14/h9,15H,4-8H2,1-3H3. The van der Waals surface area contributed by atoms with Crippen molar-refractivity contribution in [3.05, 3.63) is 0 Å². The zero-order chi connectivity index (χ0) is 12.4. The minimum absolute atomic E-state index is 0.0941. The van der Waals surface area contributed by atoms with Crippen LogP contribution in [0.5, 0.6) is 0 Å². The van der Waals surface area contributed by atoms with Crippen LogP contribution >= 0.6 is 0 Å². The summed E-state index contributed by atoms with van der Waals surface area (Å²) in [7, 11) is 0. The van der Waals surface area contributed by atoms with Crippen LogP contribution in [0.15, 0.2) is 0 Å². The van der Waals surface area contributed by atoms with Gasteiger partial charge in [0.1, 0.15) is 0 Å². The molecule has 0 aliphatic carbocycles. The van der Waals surface area contributed by atoms with Crippen LogP contribution in [0, 0.1) is 5.41 Å². The molecule has 1 atom stereocenters. The minimum Gasteiger partial charge on any atom is -0.311 e. The summed E-state index contributed by atoms with van der Waals surface area (Å²) in [5.74, 6) is 0. The second-order valence-electron chi connectivity index (χ2n) is 5.54. The van der Waals surface area contributed by atoms with Crippen molar-refractivity contribution in [1.29, 1.82) is 0 Å². The van der Waals surface area contributed by atoms with Gasteiger partial charge in [0.2, 0.25) is 0 Å². The normalized spacial score (nSPS) is 24.8. The van der Waals surface area contributed by atoms with Gasteiger partial charge in [-0.05, 0) is 5.41 Å². The molecule has 1 saturated heterocycles. The van der Waals surface area contributed by atoms with Crippen LogP contribution in [0.2, 0.25) is 0 Å². The maximum atomic E-state index is 12.1. The molecule has 1 unspecified atom stereocenters. The minimum atomic E-state index is -4.04. The highest BCUT2D eigenvalue weighted by atomic mass is 19.4. The highest BCUT2D eigenvalue weighted by Gasteiger charge is 2.32. The summed E-state index contributed by atoms with van der Waals surface area (Å²) in [6.07, 6.45) is -4.74. The molecule has 0 saturated carbocycles. The van der Waals surface area contributed by atoms with Crippen LogP contribution in [0.3, 0.4) is 0 Å². The van der Waals surface area contributed by atoms with Crippen LogP contribution in [-0.2, 0) is 0 Å². The molecule has 1 aliphatic rings. The van der Waals surface area contributed by atoms with E-state index in [9.17, 15) is 13.2 Å². The Bertz CT molecular complexity index is 220. The molecule has 1 heterocycles. The molecule has 0 amide bonds. The number of nitrogens with zero attached hydrogens (tertiary/aromatic N) is 1. The predicted octanol–water partition coefficient (Wildman–Crippen LogP) is 2.26. The highest BCUT2D eigenvalue weighted by Crippen LogP contribution is 2.24. The van der Waals surface area contributed by atoms with Crippen molar-refractivity contribution in [2.75, 3.05) is 26.2 Å². The number of halogens is 3. The van der Waals surface area contributed by atoms with Crippen LogP contribution in [0.4, 0.5) is 13.2 Å². The molecule has 0 radical (unpaired) electrons. The van der Waals surface area contributed by atoms with E-state index in [1.165, 1.54) is 0 Å². The summed E-state index contributed by atoms with van der Waals surface area (Å²) in [4.78, 5) is 1.90. The zero-order valence-corrected chi connectivity index (χ0v) is 10.2. The Labute approximate surface area is 95.2 Å². The lowest BCUT2D eigenvalue weighted by molar-refractivity contribution is -0.138. The third-order valence-electron chi connectivity index (χ3n) is 3.02. The molecule has 96 valence electrons. The van der Waals surface area contributed by atoms with Crippen LogP contribution in [0.25, 0.3) is 0 Å². The molecule has 0 aromatic rings. The Balaban J connectivity index is 2.39. The number of piperazine rings is 1.